The van der Waals surface area contributed by atoms with E-state index in [2.05, 4.69) is 41.0 Å². The van der Waals surface area contributed by atoms with Crippen molar-refractivity contribution in [2.75, 3.05) is 44.2 Å². The molecule has 0 spiro atoms. The fourth-order valence-corrected chi connectivity index (χ4v) is 3.33. The molecule has 25 heavy (non-hydrogen) atoms. The highest BCUT2D eigenvalue weighted by atomic mass is 16.5. The third kappa shape index (κ3) is 5.08. The van der Waals surface area contributed by atoms with Crippen LogP contribution in [0.1, 0.15) is 18.2 Å². The van der Waals surface area contributed by atoms with Gasteiger partial charge < -0.3 is 19.2 Å². The number of hydrogen-bond acceptors (Lipinski definition) is 5. The molecule has 1 aromatic heterocycles. The summed E-state index contributed by atoms with van der Waals surface area (Å²) in [7, 11) is 0. The Bertz CT molecular complexity index is 622. The standard InChI is InChI=1S/C20H28N2O3/c1-2-17-6-3-4-8-20(17)22-11-9-21(10-12-22)14-18(23)15-24-16-19-7-5-13-25-19/h3-8,13,18,23H,2,9-12,14-16H2,1H3. The summed E-state index contributed by atoms with van der Waals surface area (Å²) in [5, 5.41) is 10.2. The number of anilines is 1. The number of piperazine rings is 1. The summed E-state index contributed by atoms with van der Waals surface area (Å²) in [6.07, 6.45) is 2.22. The zero-order valence-electron chi connectivity index (χ0n) is 14.9. The fourth-order valence-electron chi connectivity index (χ4n) is 3.33. The number of aliphatic hydroxyl groups excluding tert-OH is 1. The predicted octanol–water partition coefficient (Wildman–Crippen LogP) is 2.54. The average Bonchev–Trinajstić information content (AvgIpc) is 3.16. The molecule has 5 nitrogen and oxygen atoms in total. The van der Waals surface area contributed by atoms with Crippen molar-refractivity contribution >= 4 is 5.69 Å². The van der Waals surface area contributed by atoms with Crippen molar-refractivity contribution in [1.82, 2.24) is 4.90 Å². The summed E-state index contributed by atoms with van der Waals surface area (Å²) < 4.78 is 10.7. The molecule has 1 aliphatic rings. The summed E-state index contributed by atoms with van der Waals surface area (Å²) in [5.74, 6) is 0.787. The van der Waals surface area contributed by atoms with Gasteiger partial charge in [-0.25, -0.2) is 0 Å². The lowest BCUT2D eigenvalue weighted by molar-refractivity contribution is 0.00441. The molecule has 1 aromatic carbocycles. The van der Waals surface area contributed by atoms with Gasteiger partial charge in [-0.15, -0.1) is 0 Å². The lowest BCUT2D eigenvalue weighted by Crippen LogP contribution is -2.49. The van der Waals surface area contributed by atoms with Crippen molar-refractivity contribution in [2.45, 2.75) is 26.1 Å². The maximum Gasteiger partial charge on any atom is 0.129 e. The van der Waals surface area contributed by atoms with Crippen LogP contribution in [0.2, 0.25) is 0 Å². The molecule has 2 aromatic rings. The first-order valence-corrected chi connectivity index (χ1v) is 9.09. The molecule has 1 fully saturated rings. The molecule has 5 heteroatoms. The van der Waals surface area contributed by atoms with Gasteiger partial charge in [0, 0.05) is 38.4 Å². The summed E-state index contributed by atoms with van der Waals surface area (Å²) >= 11 is 0. The number of furan rings is 1. The molecule has 1 unspecified atom stereocenters. The Morgan fingerprint density at radius 2 is 1.92 bits per heavy atom. The van der Waals surface area contributed by atoms with Crippen molar-refractivity contribution < 1.29 is 14.3 Å². The monoisotopic (exact) mass is 344 g/mol. The number of rotatable bonds is 8. The van der Waals surface area contributed by atoms with Gasteiger partial charge in [0.2, 0.25) is 0 Å². The van der Waals surface area contributed by atoms with E-state index >= 15 is 0 Å². The van der Waals surface area contributed by atoms with E-state index in [4.69, 9.17) is 9.15 Å². The molecule has 3 rings (SSSR count). The van der Waals surface area contributed by atoms with Crippen molar-refractivity contribution in [3.8, 4) is 0 Å². The second-order valence-electron chi connectivity index (χ2n) is 6.52. The number of nitrogens with zero attached hydrogens (tertiary/aromatic N) is 2. The van der Waals surface area contributed by atoms with Crippen LogP contribution in [0.3, 0.4) is 0 Å². The first-order chi connectivity index (χ1) is 12.3. The Labute approximate surface area is 149 Å². The van der Waals surface area contributed by atoms with Crippen LogP contribution in [-0.2, 0) is 17.8 Å². The first-order valence-electron chi connectivity index (χ1n) is 9.09. The number of hydrogen-bond donors (Lipinski definition) is 1. The largest absolute Gasteiger partial charge is 0.467 e. The molecule has 0 saturated carbocycles. The minimum atomic E-state index is -0.468. The summed E-state index contributed by atoms with van der Waals surface area (Å²) in [6.45, 7) is 7.52. The van der Waals surface area contributed by atoms with Gasteiger partial charge in [0.15, 0.2) is 0 Å². The second-order valence-corrected chi connectivity index (χ2v) is 6.52. The van der Waals surface area contributed by atoms with Gasteiger partial charge in [-0.1, -0.05) is 25.1 Å². The molecule has 1 saturated heterocycles. The molecule has 0 amide bonds. The second kappa shape index (κ2) is 9.04. The number of para-hydroxylation sites is 1. The quantitative estimate of drug-likeness (QED) is 0.797. The van der Waals surface area contributed by atoms with E-state index in [-0.39, 0.29) is 0 Å². The number of aryl methyl sites for hydroxylation is 1. The number of β-amino-alcohol motifs (C(OH)–C–C–N with tert-alkyl or cyclic N) is 1. The van der Waals surface area contributed by atoms with Crippen LogP contribution < -0.4 is 4.90 Å². The van der Waals surface area contributed by atoms with Gasteiger partial charge in [0.05, 0.1) is 19.0 Å². The van der Waals surface area contributed by atoms with E-state index in [0.29, 0.717) is 19.8 Å². The maximum absolute atomic E-state index is 10.2. The lowest BCUT2D eigenvalue weighted by atomic mass is 10.1. The van der Waals surface area contributed by atoms with Crippen LogP contribution in [0.5, 0.6) is 0 Å². The Balaban J connectivity index is 1.40. The molecular weight excluding hydrogens is 316 g/mol. The van der Waals surface area contributed by atoms with Crippen LogP contribution in [-0.4, -0.2) is 55.4 Å². The lowest BCUT2D eigenvalue weighted by Gasteiger charge is -2.37. The molecule has 0 radical (unpaired) electrons. The minimum absolute atomic E-state index is 0.333. The molecule has 1 aliphatic heterocycles. The van der Waals surface area contributed by atoms with E-state index < -0.39 is 6.10 Å². The van der Waals surface area contributed by atoms with Crippen molar-refractivity contribution in [3.63, 3.8) is 0 Å². The number of ether oxygens (including phenoxy) is 1. The average molecular weight is 344 g/mol. The normalized spacial score (nSPS) is 17.0. The predicted molar refractivity (Wildman–Crippen MR) is 98.8 cm³/mol. The minimum Gasteiger partial charge on any atom is -0.467 e. The number of benzene rings is 1. The van der Waals surface area contributed by atoms with E-state index in [9.17, 15) is 5.11 Å². The Morgan fingerprint density at radius 1 is 1.12 bits per heavy atom. The highest BCUT2D eigenvalue weighted by Crippen LogP contribution is 2.22. The summed E-state index contributed by atoms with van der Waals surface area (Å²) in [6, 6.07) is 12.4. The zero-order chi connectivity index (χ0) is 17.5. The molecule has 1 atom stereocenters. The fraction of sp³-hybridized carbons (Fsp3) is 0.500. The third-order valence-electron chi connectivity index (χ3n) is 4.69. The van der Waals surface area contributed by atoms with Gasteiger partial charge in [-0.2, -0.15) is 0 Å². The Kier molecular flexibility index (Phi) is 6.50. The first kappa shape index (κ1) is 18.0. The van der Waals surface area contributed by atoms with Gasteiger partial charge in [-0.05, 0) is 30.2 Å². The van der Waals surface area contributed by atoms with Crippen LogP contribution in [0.25, 0.3) is 0 Å². The molecule has 1 N–H and O–H groups in total. The zero-order valence-corrected chi connectivity index (χ0v) is 14.9. The van der Waals surface area contributed by atoms with Crippen molar-refractivity contribution in [3.05, 3.63) is 54.0 Å². The van der Waals surface area contributed by atoms with Crippen LogP contribution in [0.15, 0.2) is 47.1 Å². The molecular formula is C20H28N2O3. The third-order valence-corrected chi connectivity index (χ3v) is 4.69. The summed E-state index contributed by atoms with van der Waals surface area (Å²) in [5.41, 5.74) is 2.76. The van der Waals surface area contributed by atoms with E-state index in [1.165, 1.54) is 11.3 Å². The summed E-state index contributed by atoms with van der Waals surface area (Å²) in [4.78, 5) is 4.76. The molecule has 0 bridgehead atoms. The van der Waals surface area contributed by atoms with Crippen LogP contribution >= 0.6 is 0 Å². The van der Waals surface area contributed by atoms with Crippen molar-refractivity contribution in [1.29, 1.82) is 0 Å². The maximum atomic E-state index is 10.2. The van der Waals surface area contributed by atoms with Crippen LogP contribution in [0.4, 0.5) is 5.69 Å². The smallest absolute Gasteiger partial charge is 0.129 e. The number of aliphatic hydroxyl groups is 1. The molecule has 0 aliphatic carbocycles. The van der Waals surface area contributed by atoms with Gasteiger partial charge >= 0.3 is 0 Å². The van der Waals surface area contributed by atoms with Gasteiger partial charge in [0.25, 0.3) is 0 Å². The Hall–Kier alpha value is -1.82. The Morgan fingerprint density at radius 3 is 2.64 bits per heavy atom. The highest BCUT2D eigenvalue weighted by molar-refractivity contribution is 5.54. The topological polar surface area (TPSA) is 49.1 Å². The van der Waals surface area contributed by atoms with Crippen LogP contribution in [0, 0.1) is 0 Å². The highest BCUT2D eigenvalue weighted by Gasteiger charge is 2.20. The van der Waals surface area contributed by atoms with E-state index in [1.54, 1.807) is 6.26 Å². The SMILES string of the molecule is CCc1ccccc1N1CCN(CC(O)COCc2ccco2)CC1. The van der Waals surface area contributed by atoms with Gasteiger partial charge in [0.1, 0.15) is 12.4 Å². The van der Waals surface area contributed by atoms with E-state index in [1.807, 2.05) is 12.1 Å². The van der Waals surface area contributed by atoms with Gasteiger partial charge in [-0.3, -0.25) is 4.90 Å². The molecule has 136 valence electrons. The van der Waals surface area contributed by atoms with Crippen molar-refractivity contribution in [2.24, 2.45) is 0 Å². The molecule has 2 heterocycles. The van der Waals surface area contributed by atoms with E-state index in [0.717, 1.165) is 38.4 Å².